The number of hydrogen-bond acceptors (Lipinski definition) is 0. The summed E-state index contributed by atoms with van der Waals surface area (Å²) < 4.78 is 35.6. The van der Waals surface area contributed by atoms with E-state index in [4.69, 9.17) is 0 Å². The third kappa shape index (κ3) is 3.95. The van der Waals surface area contributed by atoms with Crippen molar-refractivity contribution in [1.82, 2.24) is 0 Å². The summed E-state index contributed by atoms with van der Waals surface area (Å²) in [6, 6.07) is 0. The van der Waals surface area contributed by atoms with Crippen LogP contribution in [0.3, 0.4) is 0 Å². The lowest BCUT2D eigenvalue weighted by molar-refractivity contribution is -0.0380. The lowest BCUT2D eigenvalue weighted by atomic mass is 10.0. The van der Waals surface area contributed by atoms with Crippen LogP contribution >= 0.6 is 8.58 Å². The van der Waals surface area contributed by atoms with Crippen molar-refractivity contribution in [3.05, 3.63) is 0 Å². The zero-order valence-electron chi connectivity index (χ0n) is 6.25. The van der Waals surface area contributed by atoms with Gasteiger partial charge in [-0.15, -0.1) is 0 Å². The van der Waals surface area contributed by atoms with Crippen LogP contribution in [0.4, 0.5) is 13.2 Å². The summed E-state index contributed by atoms with van der Waals surface area (Å²) in [4.78, 5) is 0. The van der Waals surface area contributed by atoms with Crippen molar-refractivity contribution in [1.29, 1.82) is 0 Å². The maximum absolute atomic E-state index is 11.9. The van der Waals surface area contributed by atoms with Crippen LogP contribution in [-0.4, -0.2) is 11.6 Å². The molecule has 11 heavy (non-hydrogen) atoms. The zero-order valence-corrected chi connectivity index (χ0v) is 7.25. The second-order valence-electron chi connectivity index (χ2n) is 2.98. The largest absolute Gasteiger partial charge is 0.402 e. The molecule has 1 rings (SSSR count). The van der Waals surface area contributed by atoms with Crippen LogP contribution in [-0.2, 0) is 0 Å². The fourth-order valence-corrected chi connectivity index (χ4v) is 2.64. The van der Waals surface area contributed by atoms with E-state index in [1.165, 1.54) is 0 Å². The molecule has 1 atom stereocenters. The van der Waals surface area contributed by atoms with Gasteiger partial charge in [0.1, 0.15) is 0 Å². The average Bonchev–Trinajstić information content (AvgIpc) is 1.85. The minimum Gasteiger partial charge on any atom is -0.167 e. The predicted molar refractivity (Wildman–Crippen MR) is 41.2 cm³/mol. The van der Waals surface area contributed by atoms with Crippen molar-refractivity contribution in [2.24, 2.45) is 0 Å². The van der Waals surface area contributed by atoms with Crippen LogP contribution < -0.4 is 0 Å². The van der Waals surface area contributed by atoms with Crippen molar-refractivity contribution in [2.75, 3.05) is 0 Å². The monoisotopic (exact) mass is 184 g/mol. The number of hydrogen-bond donors (Lipinski definition) is 0. The molecule has 0 aromatic carbocycles. The molecule has 1 aliphatic rings. The molecule has 0 saturated heterocycles. The molecule has 1 saturated carbocycles. The third-order valence-corrected chi connectivity index (χ3v) is 3.29. The van der Waals surface area contributed by atoms with E-state index in [0.29, 0.717) is 0 Å². The van der Waals surface area contributed by atoms with E-state index in [1.54, 1.807) is 0 Å². The smallest absolute Gasteiger partial charge is 0.167 e. The van der Waals surface area contributed by atoms with Crippen LogP contribution in [0.1, 0.15) is 32.1 Å². The molecule has 0 aromatic rings. The highest BCUT2D eigenvalue weighted by atomic mass is 31.1. The highest BCUT2D eigenvalue weighted by Crippen LogP contribution is 2.45. The van der Waals surface area contributed by atoms with E-state index < -0.39 is 14.5 Å². The van der Waals surface area contributed by atoms with Gasteiger partial charge in [0.05, 0.1) is 0 Å². The van der Waals surface area contributed by atoms with E-state index in [2.05, 4.69) is 0 Å². The van der Waals surface area contributed by atoms with Crippen LogP contribution in [0.25, 0.3) is 0 Å². The SMILES string of the molecule is FC(F)(F)PC1CCCCC1. The van der Waals surface area contributed by atoms with Crippen molar-refractivity contribution < 1.29 is 13.2 Å². The van der Waals surface area contributed by atoms with Gasteiger partial charge in [-0.1, -0.05) is 19.3 Å². The minimum atomic E-state index is -3.91. The van der Waals surface area contributed by atoms with Crippen molar-refractivity contribution >= 4 is 8.58 Å². The Bertz CT molecular complexity index is 115. The molecule has 0 bridgehead atoms. The standard InChI is InChI=1S/C7H12F3P/c8-7(9,10)11-6-4-2-1-3-5-6/h6,11H,1-5H2. The Labute approximate surface area is 66.3 Å². The Morgan fingerprint density at radius 1 is 1.00 bits per heavy atom. The van der Waals surface area contributed by atoms with Crippen molar-refractivity contribution in [3.63, 3.8) is 0 Å². The first-order valence-electron chi connectivity index (χ1n) is 3.92. The summed E-state index contributed by atoms with van der Waals surface area (Å²) in [6.07, 6.45) is 4.69. The Hall–Kier alpha value is 0.220. The second-order valence-corrected chi connectivity index (χ2v) is 4.65. The molecule has 66 valence electrons. The van der Waals surface area contributed by atoms with Crippen LogP contribution in [0.2, 0.25) is 0 Å². The number of halogens is 3. The van der Waals surface area contributed by atoms with Gasteiger partial charge in [0.25, 0.3) is 0 Å². The number of alkyl halides is 3. The molecule has 0 N–H and O–H groups in total. The molecular formula is C7H12F3P. The summed E-state index contributed by atoms with van der Waals surface area (Å²) in [5.74, 6) is -3.91. The third-order valence-electron chi connectivity index (χ3n) is 1.97. The fraction of sp³-hybridized carbons (Fsp3) is 1.00. The maximum Gasteiger partial charge on any atom is 0.402 e. The molecule has 0 aromatic heterocycles. The van der Waals surface area contributed by atoms with Crippen molar-refractivity contribution in [3.8, 4) is 0 Å². The van der Waals surface area contributed by atoms with E-state index >= 15 is 0 Å². The minimum absolute atomic E-state index is 0.0521. The summed E-state index contributed by atoms with van der Waals surface area (Å²) in [6.45, 7) is 0. The molecule has 0 aliphatic heterocycles. The summed E-state index contributed by atoms with van der Waals surface area (Å²) in [5.41, 5.74) is -0.0521. The molecule has 1 aliphatic carbocycles. The molecule has 0 radical (unpaired) electrons. The second kappa shape index (κ2) is 3.75. The van der Waals surface area contributed by atoms with Crippen LogP contribution in [0.15, 0.2) is 0 Å². The van der Waals surface area contributed by atoms with Gasteiger partial charge >= 0.3 is 5.92 Å². The topological polar surface area (TPSA) is 0 Å². The molecule has 1 fully saturated rings. The van der Waals surface area contributed by atoms with E-state index in [1.807, 2.05) is 0 Å². The van der Waals surface area contributed by atoms with Gasteiger partial charge in [0.15, 0.2) is 0 Å². The fourth-order valence-electron chi connectivity index (χ4n) is 1.48. The van der Waals surface area contributed by atoms with Gasteiger partial charge in [-0.3, -0.25) is 0 Å². The van der Waals surface area contributed by atoms with Crippen LogP contribution in [0, 0.1) is 0 Å². The molecular weight excluding hydrogens is 172 g/mol. The Morgan fingerprint density at radius 3 is 2.00 bits per heavy atom. The van der Waals surface area contributed by atoms with Gasteiger partial charge in [-0.25, -0.2) is 0 Å². The molecule has 0 spiro atoms. The van der Waals surface area contributed by atoms with Gasteiger partial charge in [0, 0.05) is 0 Å². The molecule has 0 heterocycles. The summed E-state index contributed by atoms with van der Waals surface area (Å²) in [7, 11) is -0.809. The normalized spacial score (nSPS) is 23.2. The predicted octanol–water partition coefficient (Wildman–Crippen LogP) is 3.52. The van der Waals surface area contributed by atoms with E-state index in [9.17, 15) is 13.2 Å². The molecule has 0 nitrogen and oxygen atoms in total. The average molecular weight is 184 g/mol. The first-order valence-corrected chi connectivity index (χ1v) is 5.00. The lowest BCUT2D eigenvalue weighted by Gasteiger charge is -2.22. The Kier molecular flexibility index (Phi) is 3.17. The first-order chi connectivity index (χ1) is 5.08. The van der Waals surface area contributed by atoms with Gasteiger partial charge in [0.2, 0.25) is 0 Å². The van der Waals surface area contributed by atoms with E-state index in [0.717, 1.165) is 32.1 Å². The summed E-state index contributed by atoms with van der Waals surface area (Å²) in [5, 5.41) is 0. The van der Waals surface area contributed by atoms with Gasteiger partial charge in [-0.05, 0) is 27.1 Å². The van der Waals surface area contributed by atoms with Gasteiger partial charge in [-0.2, -0.15) is 13.2 Å². The zero-order chi connectivity index (χ0) is 8.32. The first kappa shape index (κ1) is 9.31. The Morgan fingerprint density at radius 2 is 1.55 bits per heavy atom. The Balaban J connectivity index is 2.24. The maximum atomic E-state index is 11.9. The molecule has 1 unspecified atom stereocenters. The molecule has 4 heteroatoms. The molecule has 0 amide bonds. The van der Waals surface area contributed by atoms with Crippen molar-refractivity contribution in [2.45, 2.75) is 43.7 Å². The number of rotatable bonds is 1. The summed E-state index contributed by atoms with van der Waals surface area (Å²) >= 11 is 0. The highest BCUT2D eigenvalue weighted by Gasteiger charge is 2.31. The highest BCUT2D eigenvalue weighted by molar-refractivity contribution is 7.40. The van der Waals surface area contributed by atoms with E-state index in [-0.39, 0.29) is 5.66 Å². The van der Waals surface area contributed by atoms with Crippen LogP contribution in [0.5, 0.6) is 0 Å². The quantitative estimate of drug-likeness (QED) is 0.547. The lowest BCUT2D eigenvalue weighted by Crippen LogP contribution is -2.12. The van der Waals surface area contributed by atoms with Gasteiger partial charge < -0.3 is 0 Å².